The van der Waals surface area contributed by atoms with E-state index in [1.54, 1.807) is 0 Å². The van der Waals surface area contributed by atoms with Gasteiger partial charge in [-0.3, -0.25) is 0 Å². The van der Waals surface area contributed by atoms with Crippen LogP contribution in [0.1, 0.15) is 24.0 Å². The Balaban J connectivity index is 0.00000112. The average Bonchev–Trinajstić information content (AvgIpc) is 2.30. The Morgan fingerprint density at radius 1 is 0.625 bits per heavy atom. The molecule has 0 nitrogen and oxygen atoms in total. The Labute approximate surface area is 122 Å². The number of hydrogen-bond donors (Lipinski definition) is 0. The van der Waals surface area contributed by atoms with Gasteiger partial charge in [-0.15, -0.1) is 0 Å². The summed E-state index contributed by atoms with van der Waals surface area (Å²) in [6.45, 7) is 2.24. The zero-order valence-corrected chi connectivity index (χ0v) is 10.4. The van der Waals surface area contributed by atoms with Crippen LogP contribution in [-0.2, 0) is 0 Å². The zero-order chi connectivity index (χ0) is 9.80. The van der Waals surface area contributed by atoms with Gasteiger partial charge in [0.2, 0.25) is 0 Å². The van der Waals surface area contributed by atoms with Gasteiger partial charge in [-0.1, -0.05) is 67.6 Å². The molecule has 0 saturated carbocycles. The molecule has 16 heavy (non-hydrogen) atoms. The average molecular weight is 196 g/mol. The first-order chi connectivity index (χ1) is 6.88. The van der Waals surface area contributed by atoms with E-state index in [2.05, 4.69) is 67.6 Å². The molecule has 2 heteroatoms. The molecule has 0 aromatic heterocycles. The van der Waals surface area contributed by atoms with Crippen molar-refractivity contribution in [3.63, 3.8) is 0 Å². The van der Waals surface area contributed by atoms with Crippen molar-refractivity contribution in [1.29, 1.82) is 0 Å². The van der Waals surface area contributed by atoms with Crippen LogP contribution in [0, 0.1) is 0 Å². The molecule has 0 N–H and O–H groups in total. The second kappa shape index (κ2) is 7.83. The van der Waals surface area contributed by atoms with E-state index in [4.69, 9.17) is 0 Å². The van der Waals surface area contributed by atoms with Crippen molar-refractivity contribution >= 4 is 37.7 Å². The van der Waals surface area contributed by atoms with Crippen LogP contribution in [0.2, 0.25) is 0 Å². The van der Waals surface area contributed by atoms with Crippen molar-refractivity contribution in [2.45, 2.75) is 12.8 Å². The summed E-state index contributed by atoms with van der Waals surface area (Å²) in [5.74, 6) is 0.484. The SMILES string of the molecule is CC(c1ccccc1)c1ccccc1.[Li].[Li]. The standard InChI is InChI=1S/C14H14.2Li/c1-12(13-8-4-2-5-9-13)14-10-6-3-7-11-14;;/h2-12H,1H3;;. The van der Waals surface area contributed by atoms with Crippen LogP contribution in [0.5, 0.6) is 0 Å². The van der Waals surface area contributed by atoms with Crippen LogP contribution in [-0.4, -0.2) is 37.7 Å². The minimum absolute atomic E-state index is 0. The molecular formula is C14H14Li2. The van der Waals surface area contributed by atoms with Crippen LogP contribution in [0.25, 0.3) is 0 Å². The molecule has 0 aliphatic heterocycles. The van der Waals surface area contributed by atoms with E-state index >= 15 is 0 Å². The maximum atomic E-state index is 2.24. The van der Waals surface area contributed by atoms with Crippen LogP contribution >= 0.6 is 0 Å². The molecule has 2 aromatic rings. The Morgan fingerprint density at radius 3 is 1.25 bits per heavy atom. The topological polar surface area (TPSA) is 0 Å². The van der Waals surface area contributed by atoms with Crippen LogP contribution in [0.15, 0.2) is 60.7 Å². The first kappa shape index (κ1) is 15.6. The van der Waals surface area contributed by atoms with Gasteiger partial charge in [-0.2, -0.15) is 0 Å². The minimum atomic E-state index is 0. The van der Waals surface area contributed by atoms with Gasteiger partial charge in [0.25, 0.3) is 0 Å². The Bertz CT molecular complexity index is 344. The van der Waals surface area contributed by atoms with E-state index < -0.39 is 0 Å². The van der Waals surface area contributed by atoms with Crippen molar-refractivity contribution in [3.8, 4) is 0 Å². The normalized spacial score (nSPS) is 9.12. The molecule has 0 aliphatic carbocycles. The van der Waals surface area contributed by atoms with E-state index in [9.17, 15) is 0 Å². The summed E-state index contributed by atoms with van der Waals surface area (Å²) in [5.41, 5.74) is 2.75. The van der Waals surface area contributed by atoms with Crippen molar-refractivity contribution in [3.05, 3.63) is 71.8 Å². The van der Waals surface area contributed by atoms with E-state index in [0.717, 1.165) is 0 Å². The smallest absolute Gasteiger partial charge is 0.00610 e. The molecule has 2 rings (SSSR count). The second-order valence-electron chi connectivity index (χ2n) is 3.54. The van der Waals surface area contributed by atoms with Crippen molar-refractivity contribution in [1.82, 2.24) is 0 Å². The van der Waals surface area contributed by atoms with Gasteiger partial charge in [0.15, 0.2) is 0 Å². The quantitative estimate of drug-likeness (QED) is 0.647. The van der Waals surface area contributed by atoms with Gasteiger partial charge in [0.1, 0.15) is 0 Å². The predicted octanol–water partition coefficient (Wildman–Crippen LogP) is 3.08. The fraction of sp³-hybridized carbons (Fsp3) is 0.143. The summed E-state index contributed by atoms with van der Waals surface area (Å²) in [4.78, 5) is 0. The molecule has 0 fully saturated rings. The maximum absolute atomic E-state index is 2.24. The minimum Gasteiger partial charge on any atom is -0.0622 e. The largest absolute Gasteiger partial charge is 0.0622 e. The third kappa shape index (κ3) is 3.90. The number of rotatable bonds is 2. The molecule has 2 radical (unpaired) electrons. The van der Waals surface area contributed by atoms with Gasteiger partial charge in [0.05, 0.1) is 0 Å². The van der Waals surface area contributed by atoms with E-state index in [0.29, 0.717) is 5.92 Å². The van der Waals surface area contributed by atoms with Gasteiger partial charge in [0, 0.05) is 43.6 Å². The zero-order valence-electron chi connectivity index (χ0n) is 10.4. The van der Waals surface area contributed by atoms with Crippen molar-refractivity contribution < 1.29 is 0 Å². The summed E-state index contributed by atoms with van der Waals surface area (Å²) >= 11 is 0. The summed E-state index contributed by atoms with van der Waals surface area (Å²) in [6.07, 6.45) is 0. The molecule has 0 aliphatic rings. The number of benzene rings is 2. The van der Waals surface area contributed by atoms with Gasteiger partial charge in [-0.05, 0) is 11.1 Å². The molecule has 0 heterocycles. The van der Waals surface area contributed by atoms with E-state index in [1.807, 2.05) is 0 Å². The van der Waals surface area contributed by atoms with Gasteiger partial charge in [-0.25, -0.2) is 0 Å². The Hall–Kier alpha value is -0.365. The fourth-order valence-corrected chi connectivity index (χ4v) is 1.68. The molecule has 0 spiro atoms. The third-order valence-electron chi connectivity index (χ3n) is 2.60. The summed E-state index contributed by atoms with van der Waals surface area (Å²) in [7, 11) is 0. The Morgan fingerprint density at radius 2 is 0.938 bits per heavy atom. The monoisotopic (exact) mass is 196 g/mol. The molecule has 0 saturated heterocycles. The molecule has 0 atom stereocenters. The molecule has 0 bridgehead atoms. The van der Waals surface area contributed by atoms with Crippen LogP contribution < -0.4 is 0 Å². The van der Waals surface area contributed by atoms with Crippen molar-refractivity contribution in [2.75, 3.05) is 0 Å². The maximum Gasteiger partial charge on any atom is 0.00610 e. The summed E-state index contributed by atoms with van der Waals surface area (Å²) in [6, 6.07) is 21.2. The van der Waals surface area contributed by atoms with Gasteiger partial charge < -0.3 is 0 Å². The molecular weight excluding hydrogens is 182 g/mol. The van der Waals surface area contributed by atoms with Gasteiger partial charge >= 0.3 is 0 Å². The summed E-state index contributed by atoms with van der Waals surface area (Å²) in [5, 5.41) is 0. The van der Waals surface area contributed by atoms with E-state index in [1.165, 1.54) is 11.1 Å². The second-order valence-corrected chi connectivity index (χ2v) is 3.54. The van der Waals surface area contributed by atoms with Crippen LogP contribution in [0.3, 0.4) is 0 Å². The molecule has 0 unspecified atom stereocenters. The molecule has 0 amide bonds. The first-order valence-corrected chi connectivity index (χ1v) is 4.98. The first-order valence-electron chi connectivity index (χ1n) is 4.98. The number of hydrogen-bond acceptors (Lipinski definition) is 0. The summed E-state index contributed by atoms with van der Waals surface area (Å²) < 4.78 is 0. The molecule has 72 valence electrons. The molecule has 2 aromatic carbocycles. The fourth-order valence-electron chi connectivity index (χ4n) is 1.68. The predicted molar refractivity (Wildman–Crippen MR) is 71.9 cm³/mol. The van der Waals surface area contributed by atoms with E-state index in [-0.39, 0.29) is 37.7 Å². The van der Waals surface area contributed by atoms with Crippen molar-refractivity contribution in [2.24, 2.45) is 0 Å². The Kier molecular flexibility index (Phi) is 7.66. The third-order valence-corrected chi connectivity index (χ3v) is 2.60. The van der Waals surface area contributed by atoms with Crippen LogP contribution in [0.4, 0.5) is 0 Å².